The van der Waals surface area contributed by atoms with Crippen LogP contribution in [0, 0.1) is 11.6 Å². The van der Waals surface area contributed by atoms with E-state index in [-0.39, 0.29) is 30.6 Å². The maximum Gasteiger partial charge on any atom is 0.208 e. The second-order valence-corrected chi connectivity index (χ2v) is 4.45. The maximum atomic E-state index is 13.1. The highest BCUT2D eigenvalue weighted by molar-refractivity contribution is 5.85. The van der Waals surface area contributed by atoms with Gasteiger partial charge in [0.25, 0.3) is 0 Å². The molecule has 3 unspecified atom stereocenters. The average molecular weight is 280 g/mol. The lowest BCUT2D eigenvalue weighted by molar-refractivity contribution is -0.253. The molecule has 18 heavy (non-hydrogen) atoms. The summed E-state index contributed by atoms with van der Waals surface area (Å²) in [5, 5.41) is 13.4. The maximum absolute atomic E-state index is 13.1. The standard InChI is InChI=1S/C12H15F2NO2.ClH/c1-7-6-17-12(16,8(2)15-7)9-3-10(13)5-11(14)4-9;/h3-5,7-8,15-16H,6H2,1-2H3;1H. The molecule has 3 nitrogen and oxygen atoms in total. The van der Waals surface area contributed by atoms with Gasteiger partial charge in [-0.05, 0) is 26.0 Å². The molecule has 0 aromatic heterocycles. The van der Waals surface area contributed by atoms with E-state index in [1.807, 2.05) is 6.92 Å². The van der Waals surface area contributed by atoms with Crippen molar-refractivity contribution in [2.45, 2.75) is 31.7 Å². The van der Waals surface area contributed by atoms with Crippen LogP contribution < -0.4 is 5.32 Å². The molecule has 0 radical (unpaired) electrons. The van der Waals surface area contributed by atoms with E-state index < -0.39 is 23.5 Å². The van der Waals surface area contributed by atoms with E-state index in [1.54, 1.807) is 6.92 Å². The largest absolute Gasteiger partial charge is 0.361 e. The Hall–Kier alpha value is -0.750. The summed E-state index contributed by atoms with van der Waals surface area (Å²) in [4.78, 5) is 0. The lowest BCUT2D eigenvalue weighted by Gasteiger charge is -2.41. The number of rotatable bonds is 1. The predicted octanol–water partition coefficient (Wildman–Crippen LogP) is 1.93. The van der Waals surface area contributed by atoms with Crippen molar-refractivity contribution in [2.75, 3.05) is 6.61 Å². The number of aliphatic hydroxyl groups is 1. The number of hydrogen-bond acceptors (Lipinski definition) is 3. The van der Waals surface area contributed by atoms with Crippen molar-refractivity contribution >= 4 is 12.4 Å². The summed E-state index contributed by atoms with van der Waals surface area (Å²) in [5.41, 5.74) is 0.0851. The zero-order chi connectivity index (χ0) is 12.6. The summed E-state index contributed by atoms with van der Waals surface area (Å²) in [6.45, 7) is 3.89. The molecule has 0 aliphatic carbocycles. The highest BCUT2D eigenvalue weighted by Gasteiger charge is 2.41. The van der Waals surface area contributed by atoms with Gasteiger partial charge in [-0.2, -0.15) is 0 Å². The predicted molar refractivity (Wildman–Crippen MR) is 65.5 cm³/mol. The van der Waals surface area contributed by atoms with Crippen LogP contribution in [0.4, 0.5) is 8.78 Å². The van der Waals surface area contributed by atoms with Gasteiger partial charge in [0, 0.05) is 17.7 Å². The molecule has 0 saturated carbocycles. The van der Waals surface area contributed by atoms with Gasteiger partial charge in [0.1, 0.15) is 11.6 Å². The number of halogens is 3. The van der Waals surface area contributed by atoms with Gasteiger partial charge in [-0.3, -0.25) is 0 Å². The summed E-state index contributed by atoms with van der Waals surface area (Å²) < 4.78 is 31.6. The van der Waals surface area contributed by atoms with Gasteiger partial charge in [-0.1, -0.05) is 0 Å². The van der Waals surface area contributed by atoms with Crippen LogP contribution in [0.15, 0.2) is 18.2 Å². The topological polar surface area (TPSA) is 41.5 Å². The lowest BCUT2D eigenvalue weighted by atomic mass is 9.96. The molecule has 102 valence electrons. The Morgan fingerprint density at radius 2 is 1.83 bits per heavy atom. The number of nitrogens with one attached hydrogen (secondary N) is 1. The zero-order valence-corrected chi connectivity index (χ0v) is 10.9. The second kappa shape index (κ2) is 5.48. The molecule has 1 aromatic rings. The van der Waals surface area contributed by atoms with Crippen LogP contribution in [0.25, 0.3) is 0 Å². The fourth-order valence-electron chi connectivity index (χ4n) is 2.06. The van der Waals surface area contributed by atoms with Crippen LogP contribution in [0.3, 0.4) is 0 Å². The Morgan fingerprint density at radius 3 is 2.33 bits per heavy atom. The van der Waals surface area contributed by atoms with E-state index in [1.165, 1.54) is 0 Å². The second-order valence-electron chi connectivity index (χ2n) is 4.45. The molecule has 1 fully saturated rings. The molecule has 0 amide bonds. The molecule has 1 heterocycles. The van der Waals surface area contributed by atoms with Crippen molar-refractivity contribution < 1.29 is 18.6 Å². The minimum atomic E-state index is -1.70. The monoisotopic (exact) mass is 279 g/mol. The van der Waals surface area contributed by atoms with E-state index >= 15 is 0 Å². The summed E-state index contributed by atoms with van der Waals surface area (Å²) in [7, 11) is 0. The molecule has 6 heteroatoms. The van der Waals surface area contributed by atoms with Gasteiger partial charge in [-0.25, -0.2) is 8.78 Å². The fraction of sp³-hybridized carbons (Fsp3) is 0.500. The number of ether oxygens (including phenoxy) is 1. The normalized spacial score (nSPS) is 31.8. The molecule has 0 bridgehead atoms. The summed E-state index contributed by atoms with van der Waals surface area (Å²) >= 11 is 0. The molecule has 1 aliphatic rings. The van der Waals surface area contributed by atoms with Crippen molar-refractivity contribution in [1.82, 2.24) is 5.32 Å². The number of benzene rings is 1. The third-order valence-corrected chi connectivity index (χ3v) is 2.95. The fourth-order valence-corrected chi connectivity index (χ4v) is 2.06. The Bertz CT molecular complexity index is 412. The van der Waals surface area contributed by atoms with Crippen molar-refractivity contribution in [3.63, 3.8) is 0 Å². The van der Waals surface area contributed by atoms with Crippen LogP contribution in [0.1, 0.15) is 19.4 Å². The summed E-state index contributed by atoms with van der Waals surface area (Å²) in [5.74, 6) is -3.17. The molecule has 3 atom stereocenters. The van der Waals surface area contributed by atoms with Crippen LogP contribution in [0.2, 0.25) is 0 Å². The first-order valence-corrected chi connectivity index (χ1v) is 5.51. The Labute approximate surface area is 111 Å². The minimum Gasteiger partial charge on any atom is -0.361 e. The highest BCUT2D eigenvalue weighted by Crippen LogP contribution is 2.30. The van der Waals surface area contributed by atoms with Crippen LogP contribution >= 0.6 is 12.4 Å². The molecule has 0 spiro atoms. The van der Waals surface area contributed by atoms with Gasteiger partial charge in [0.15, 0.2) is 0 Å². The first-order chi connectivity index (χ1) is 7.91. The molecule has 1 aliphatic heterocycles. The third kappa shape index (κ3) is 2.80. The van der Waals surface area contributed by atoms with Crippen molar-refractivity contribution in [3.05, 3.63) is 35.4 Å². The summed E-state index contributed by atoms with van der Waals surface area (Å²) in [6, 6.07) is 2.56. The lowest BCUT2D eigenvalue weighted by Crippen LogP contribution is -2.58. The van der Waals surface area contributed by atoms with E-state index in [4.69, 9.17) is 4.74 Å². The number of hydrogen-bond donors (Lipinski definition) is 2. The Kier molecular flexibility index (Phi) is 4.66. The average Bonchev–Trinajstić information content (AvgIpc) is 2.22. The van der Waals surface area contributed by atoms with Gasteiger partial charge in [0.05, 0.1) is 12.6 Å². The van der Waals surface area contributed by atoms with Gasteiger partial charge in [-0.15, -0.1) is 12.4 Å². The highest BCUT2D eigenvalue weighted by atomic mass is 35.5. The van der Waals surface area contributed by atoms with Crippen molar-refractivity contribution in [2.24, 2.45) is 0 Å². The molecule has 1 aromatic carbocycles. The van der Waals surface area contributed by atoms with E-state index in [0.29, 0.717) is 0 Å². The first kappa shape index (κ1) is 15.3. The molecular weight excluding hydrogens is 264 g/mol. The van der Waals surface area contributed by atoms with Crippen LogP contribution in [-0.4, -0.2) is 23.8 Å². The molecule has 2 N–H and O–H groups in total. The van der Waals surface area contributed by atoms with Gasteiger partial charge < -0.3 is 15.2 Å². The molecule has 2 rings (SSSR count). The number of morpholine rings is 1. The van der Waals surface area contributed by atoms with Crippen LogP contribution in [0.5, 0.6) is 0 Å². The summed E-state index contributed by atoms with van der Waals surface area (Å²) in [6.07, 6.45) is 0. The smallest absolute Gasteiger partial charge is 0.208 e. The third-order valence-electron chi connectivity index (χ3n) is 2.95. The quantitative estimate of drug-likeness (QED) is 0.825. The van der Waals surface area contributed by atoms with Crippen LogP contribution in [-0.2, 0) is 10.5 Å². The van der Waals surface area contributed by atoms with Crippen molar-refractivity contribution in [1.29, 1.82) is 0 Å². The van der Waals surface area contributed by atoms with E-state index in [2.05, 4.69) is 5.32 Å². The molecule has 1 saturated heterocycles. The zero-order valence-electron chi connectivity index (χ0n) is 10.1. The first-order valence-electron chi connectivity index (χ1n) is 5.51. The molecular formula is C12H16ClF2NO2. The van der Waals surface area contributed by atoms with Gasteiger partial charge >= 0.3 is 0 Å². The van der Waals surface area contributed by atoms with E-state index in [0.717, 1.165) is 18.2 Å². The van der Waals surface area contributed by atoms with E-state index in [9.17, 15) is 13.9 Å². The SMILES string of the molecule is CC1COC(O)(c2cc(F)cc(F)c2)C(C)N1.Cl. The Balaban J connectivity index is 0.00000162. The van der Waals surface area contributed by atoms with Gasteiger partial charge in [0.2, 0.25) is 5.79 Å². The minimum absolute atomic E-state index is 0. The van der Waals surface area contributed by atoms with Crippen molar-refractivity contribution in [3.8, 4) is 0 Å². The Morgan fingerprint density at radius 1 is 1.28 bits per heavy atom.